The summed E-state index contributed by atoms with van der Waals surface area (Å²) in [7, 11) is -1.84. The van der Waals surface area contributed by atoms with Gasteiger partial charge >= 0.3 is 0 Å². The lowest BCUT2D eigenvalue weighted by Crippen LogP contribution is -2.47. The fraction of sp³-hybridized carbons (Fsp3) is 0.769. The minimum Gasteiger partial charge on any atom is -0.381 e. The fourth-order valence-electron chi connectivity index (χ4n) is 2.22. The van der Waals surface area contributed by atoms with Gasteiger partial charge in [0.1, 0.15) is 4.90 Å². The summed E-state index contributed by atoms with van der Waals surface area (Å²) >= 11 is 0. The predicted molar refractivity (Wildman–Crippen MR) is 79.5 cm³/mol. The molecule has 1 heterocycles. The van der Waals surface area contributed by atoms with Crippen molar-refractivity contribution in [3.05, 3.63) is 12.4 Å². The lowest BCUT2D eigenvalue weighted by molar-refractivity contribution is 0.0236. The Morgan fingerprint density at radius 3 is 2.81 bits per heavy atom. The van der Waals surface area contributed by atoms with Crippen LogP contribution in [-0.2, 0) is 21.3 Å². The van der Waals surface area contributed by atoms with Gasteiger partial charge in [0.2, 0.25) is 10.0 Å². The topological polar surface area (TPSA) is 85.2 Å². The van der Waals surface area contributed by atoms with E-state index in [0.29, 0.717) is 12.6 Å². The maximum atomic E-state index is 12.2. The number of nitrogens with zero attached hydrogens (tertiary/aromatic N) is 2. The lowest BCUT2D eigenvalue weighted by atomic mass is 9.90. The Morgan fingerprint density at radius 1 is 1.48 bits per heavy atom. The van der Waals surface area contributed by atoms with Gasteiger partial charge < -0.3 is 10.1 Å². The molecule has 1 aliphatic carbocycles. The molecule has 1 fully saturated rings. The molecule has 0 bridgehead atoms. The van der Waals surface area contributed by atoms with Crippen molar-refractivity contribution in [3.8, 4) is 0 Å². The molecule has 8 heteroatoms. The molecule has 0 radical (unpaired) electrons. The third kappa shape index (κ3) is 4.50. The maximum Gasteiger partial charge on any atom is 0.243 e. The molecule has 2 N–H and O–H groups in total. The molecule has 0 atom stereocenters. The first kappa shape index (κ1) is 16.4. The molecule has 1 aliphatic rings. The SMILES string of the molecule is COC1CC(NS(=O)(=O)c2cnn(CCNC(C)C)c2)C1. The highest BCUT2D eigenvalue weighted by Crippen LogP contribution is 2.24. The summed E-state index contributed by atoms with van der Waals surface area (Å²) in [6.07, 6.45) is 4.58. The van der Waals surface area contributed by atoms with E-state index in [4.69, 9.17) is 4.74 Å². The van der Waals surface area contributed by atoms with Gasteiger partial charge in [0, 0.05) is 31.9 Å². The fourth-order valence-corrected chi connectivity index (χ4v) is 3.43. The Balaban J connectivity index is 1.87. The number of hydrogen-bond acceptors (Lipinski definition) is 5. The zero-order valence-electron chi connectivity index (χ0n) is 12.7. The number of rotatable bonds is 8. The van der Waals surface area contributed by atoms with E-state index in [0.717, 1.165) is 19.4 Å². The molecule has 0 saturated heterocycles. The molecule has 0 spiro atoms. The van der Waals surface area contributed by atoms with Crippen LogP contribution in [0.5, 0.6) is 0 Å². The molecule has 0 unspecified atom stereocenters. The van der Waals surface area contributed by atoms with Crippen molar-refractivity contribution in [2.75, 3.05) is 13.7 Å². The largest absolute Gasteiger partial charge is 0.381 e. The van der Waals surface area contributed by atoms with Crippen LogP contribution in [0.1, 0.15) is 26.7 Å². The van der Waals surface area contributed by atoms with Gasteiger partial charge in [0.25, 0.3) is 0 Å². The zero-order chi connectivity index (χ0) is 15.5. The van der Waals surface area contributed by atoms with Crippen LogP contribution in [0, 0.1) is 0 Å². The molecule has 1 saturated carbocycles. The van der Waals surface area contributed by atoms with Crippen LogP contribution in [0.3, 0.4) is 0 Å². The third-order valence-electron chi connectivity index (χ3n) is 3.56. The van der Waals surface area contributed by atoms with Crippen molar-refractivity contribution in [2.24, 2.45) is 0 Å². The summed E-state index contributed by atoms with van der Waals surface area (Å²) in [6, 6.07) is 0.365. The van der Waals surface area contributed by atoms with E-state index in [1.54, 1.807) is 18.0 Å². The summed E-state index contributed by atoms with van der Waals surface area (Å²) in [5.74, 6) is 0. The summed E-state index contributed by atoms with van der Waals surface area (Å²) < 4.78 is 33.9. The van der Waals surface area contributed by atoms with E-state index in [1.807, 2.05) is 0 Å². The van der Waals surface area contributed by atoms with Crippen LogP contribution in [0.2, 0.25) is 0 Å². The molecular weight excluding hydrogens is 292 g/mol. The zero-order valence-corrected chi connectivity index (χ0v) is 13.6. The van der Waals surface area contributed by atoms with E-state index in [9.17, 15) is 8.42 Å². The van der Waals surface area contributed by atoms with Crippen molar-refractivity contribution in [1.29, 1.82) is 0 Å². The molecule has 7 nitrogen and oxygen atoms in total. The van der Waals surface area contributed by atoms with Gasteiger partial charge in [-0.05, 0) is 12.8 Å². The standard InChI is InChI=1S/C13H24N4O3S/c1-10(2)14-4-5-17-9-13(8-15-17)21(18,19)16-11-6-12(7-11)20-3/h8-12,14,16H,4-7H2,1-3H3. The van der Waals surface area contributed by atoms with E-state index >= 15 is 0 Å². The Morgan fingerprint density at radius 2 is 2.19 bits per heavy atom. The van der Waals surface area contributed by atoms with Crippen molar-refractivity contribution in [1.82, 2.24) is 19.8 Å². The van der Waals surface area contributed by atoms with Gasteiger partial charge in [-0.25, -0.2) is 13.1 Å². The summed E-state index contributed by atoms with van der Waals surface area (Å²) in [6.45, 7) is 5.52. The molecule has 120 valence electrons. The highest BCUT2D eigenvalue weighted by atomic mass is 32.2. The Kier molecular flexibility index (Phi) is 5.37. The second-order valence-electron chi connectivity index (χ2n) is 5.70. The minimum absolute atomic E-state index is 0.0362. The van der Waals surface area contributed by atoms with Gasteiger partial charge in [-0.3, -0.25) is 4.68 Å². The number of hydrogen-bond donors (Lipinski definition) is 2. The summed E-state index contributed by atoms with van der Waals surface area (Å²) in [5.41, 5.74) is 0. The van der Waals surface area contributed by atoms with Crippen molar-refractivity contribution >= 4 is 10.0 Å². The first-order valence-electron chi connectivity index (χ1n) is 7.21. The van der Waals surface area contributed by atoms with Crippen molar-refractivity contribution in [3.63, 3.8) is 0 Å². The second-order valence-corrected chi connectivity index (χ2v) is 7.41. The highest BCUT2D eigenvalue weighted by Gasteiger charge is 2.33. The van der Waals surface area contributed by atoms with Gasteiger partial charge in [-0.15, -0.1) is 0 Å². The van der Waals surface area contributed by atoms with Crippen LogP contribution < -0.4 is 10.0 Å². The first-order valence-corrected chi connectivity index (χ1v) is 8.70. The van der Waals surface area contributed by atoms with E-state index < -0.39 is 10.0 Å². The molecule has 2 rings (SSSR count). The van der Waals surface area contributed by atoms with E-state index in [2.05, 4.69) is 29.0 Å². The van der Waals surface area contributed by atoms with Crippen LogP contribution in [0.4, 0.5) is 0 Å². The van der Waals surface area contributed by atoms with Crippen LogP contribution >= 0.6 is 0 Å². The number of nitrogens with one attached hydrogen (secondary N) is 2. The minimum atomic E-state index is -3.48. The van der Waals surface area contributed by atoms with Gasteiger partial charge in [0.05, 0.1) is 18.8 Å². The normalized spacial score (nSPS) is 22.5. The average Bonchev–Trinajstić information content (AvgIpc) is 2.82. The predicted octanol–water partition coefficient (Wildman–Crippen LogP) is 0.337. The highest BCUT2D eigenvalue weighted by molar-refractivity contribution is 7.89. The van der Waals surface area contributed by atoms with Gasteiger partial charge in [0.15, 0.2) is 0 Å². The molecule has 0 amide bonds. The van der Waals surface area contributed by atoms with Crippen molar-refractivity contribution < 1.29 is 13.2 Å². The molecular formula is C13H24N4O3S. The molecule has 1 aromatic rings. The summed E-state index contributed by atoms with van der Waals surface area (Å²) in [4.78, 5) is 0.216. The average molecular weight is 316 g/mol. The number of ether oxygens (including phenoxy) is 1. The molecule has 1 aromatic heterocycles. The number of aromatic nitrogens is 2. The smallest absolute Gasteiger partial charge is 0.243 e. The maximum absolute atomic E-state index is 12.2. The van der Waals surface area contributed by atoms with Crippen molar-refractivity contribution in [2.45, 2.75) is 56.3 Å². The summed E-state index contributed by atoms with van der Waals surface area (Å²) in [5, 5.41) is 7.36. The van der Waals surface area contributed by atoms with Crippen LogP contribution in [0.15, 0.2) is 17.3 Å². The van der Waals surface area contributed by atoms with E-state index in [-0.39, 0.29) is 17.0 Å². The van der Waals surface area contributed by atoms with Gasteiger partial charge in [-0.2, -0.15) is 5.10 Å². The second kappa shape index (κ2) is 6.87. The monoisotopic (exact) mass is 316 g/mol. The first-order chi connectivity index (χ1) is 9.90. The number of methoxy groups -OCH3 is 1. The van der Waals surface area contributed by atoms with Crippen LogP contribution in [-0.4, -0.2) is 50.0 Å². The van der Waals surface area contributed by atoms with Crippen LogP contribution in [0.25, 0.3) is 0 Å². The Bertz CT molecular complexity index is 550. The molecule has 21 heavy (non-hydrogen) atoms. The third-order valence-corrected chi connectivity index (χ3v) is 5.04. The van der Waals surface area contributed by atoms with Gasteiger partial charge in [-0.1, -0.05) is 13.8 Å². The molecule has 0 aliphatic heterocycles. The Hall–Kier alpha value is -0.960. The Labute approximate surface area is 126 Å². The number of sulfonamides is 1. The van der Waals surface area contributed by atoms with E-state index in [1.165, 1.54) is 6.20 Å². The molecule has 0 aromatic carbocycles. The quantitative estimate of drug-likeness (QED) is 0.722. The lowest BCUT2D eigenvalue weighted by Gasteiger charge is -2.34.